The van der Waals surface area contributed by atoms with E-state index >= 15 is 0 Å². The first-order valence-corrected chi connectivity index (χ1v) is 6.81. The summed E-state index contributed by atoms with van der Waals surface area (Å²) in [6, 6.07) is 10.3. The van der Waals surface area contributed by atoms with Gasteiger partial charge in [-0.05, 0) is 36.4 Å². The van der Waals surface area contributed by atoms with Gasteiger partial charge >= 0.3 is 6.18 Å². The Morgan fingerprint density at radius 1 is 1.08 bits per heavy atom. The molecule has 0 fully saturated rings. The normalized spacial score (nSPS) is 11.3. The molecular formula is C17H9F4N3. The zero-order chi connectivity index (χ0) is 17.3. The number of nitriles is 1. The van der Waals surface area contributed by atoms with Crippen LogP contribution in [-0.2, 0) is 6.18 Å². The fraction of sp³-hybridized carbons (Fsp3) is 0.0588. The molecule has 3 rings (SSSR count). The Labute approximate surface area is 134 Å². The van der Waals surface area contributed by atoms with Crippen molar-refractivity contribution in [2.45, 2.75) is 6.18 Å². The van der Waals surface area contributed by atoms with Crippen LogP contribution in [0.5, 0.6) is 0 Å². The van der Waals surface area contributed by atoms with E-state index in [1.54, 1.807) is 0 Å². The first kappa shape index (κ1) is 15.7. The van der Waals surface area contributed by atoms with Crippen LogP contribution in [0, 0.1) is 17.1 Å². The molecule has 0 spiro atoms. The van der Waals surface area contributed by atoms with Gasteiger partial charge in [0.15, 0.2) is 0 Å². The van der Waals surface area contributed by atoms with Crippen molar-refractivity contribution in [3.05, 3.63) is 65.6 Å². The number of alkyl halides is 3. The van der Waals surface area contributed by atoms with E-state index in [2.05, 4.69) is 10.3 Å². The molecule has 3 nitrogen and oxygen atoms in total. The van der Waals surface area contributed by atoms with Crippen LogP contribution in [0.25, 0.3) is 10.9 Å². The number of pyridine rings is 1. The summed E-state index contributed by atoms with van der Waals surface area (Å²) in [6.07, 6.45) is -3.20. The molecular weight excluding hydrogens is 322 g/mol. The minimum Gasteiger partial charge on any atom is -0.354 e. The SMILES string of the molecule is N#Cc1cnc2ccc(F)cc2c1Nc1cccc(C(F)(F)F)c1. The molecule has 0 radical (unpaired) electrons. The highest BCUT2D eigenvalue weighted by Crippen LogP contribution is 2.33. The van der Waals surface area contributed by atoms with Gasteiger partial charge in [-0.1, -0.05) is 6.07 Å². The quantitative estimate of drug-likeness (QED) is 0.672. The number of hydrogen-bond acceptors (Lipinski definition) is 3. The largest absolute Gasteiger partial charge is 0.416 e. The van der Waals surface area contributed by atoms with Crippen molar-refractivity contribution in [3.63, 3.8) is 0 Å². The number of hydrogen-bond donors (Lipinski definition) is 1. The van der Waals surface area contributed by atoms with E-state index in [4.69, 9.17) is 0 Å². The molecule has 0 aliphatic heterocycles. The summed E-state index contributed by atoms with van der Waals surface area (Å²) in [7, 11) is 0. The Morgan fingerprint density at radius 2 is 1.88 bits per heavy atom. The second-order valence-electron chi connectivity index (χ2n) is 5.02. The molecule has 1 heterocycles. The molecule has 2 aromatic carbocycles. The van der Waals surface area contributed by atoms with E-state index in [-0.39, 0.29) is 16.9 Å². The highest BCUT2D eigenvalue weighted by atomic mass is 19.4. The molecule has 1 aromatic heterocycles. The van der Waals surface area contributed by atoms with E-state index in [1.165, 1.54) is 36.5 Å². The van der Waals surface area contributed by atoms with Gasteiger partial charge in [-0.15, -0.1) is 0 Å². The van der Waals surface area contributed by atoms with Crippen molar-refractivity contribution in [3.8, 4) is 6.07 Å². The lowest BCUT2D eigenvalue weighted by molar-refractivity contribution is -0.137. The molecule has 24 heavy (non-hydrogen) atoms. The minimum atomic E-state index is -4.48. The summed E-state index contributed by atoms with van der Waals surface area (Å²) in [5, 5.41) is 12.3. The lowest BCUT2D eigenvalue weighted by atomic mass is 10.1. The zero-order valence-electron chi connectivity index (χ0n) is 12.0. The first-order valence-electron chi connectivity index (χ1n) is 6.81. The number of halogens is 4. The molecule has 0 amide bonds. The molecule has 0 bridgehead atoms. The standard InChI is InChI=1S/C17H9F4N3/c18-12-4-5-15-14(7-12)16(10(8-22)9-23-15)24-13-3-1-2-11(6-13)17(19,20)21/h1-7,9H,(H,23,24). The van der Waals surface area contributed by atoms with Crippen molar-refractivity contribution in [2.24, 2.45) is 0 Å². The molecule has 0 unspecified atom stereocenters. The Kier molecular flexibility index (Phi) is 3.81. The summed E-state index contributed by atoms with van der Waals surface area (Å²) < 4.78 is 52.0. The molecule has 0 saturated heterocycles. The lowest BCUT2D eigenvalue weighted by Gasteiger charge is -2.13. The average Bonchev–Trinajstić information content (AvgIpc) is 2.55. The average molecular weight is 331 g/mol. The van der Waals surface area contributed by atoms with Crippen LogP contribution in [0.4, 0.5) is 28.9 Å². The van der Waals surface area contributed by atoms with Crippen molar-refractivity contribution in [2.75, 3.05) is 5.32 Å². The summed E-state index contributed by atoms with van der Waals surface area (Å²) in [6.45, 7) is 0. The summed E-state index contributed by atoms with van der Waals surface area (Å²) >= 11 is 0. The molecule has 0 saturated carbocycles. The van der Waals surface area contributed by atoms with Gasteiger partial charge in [-0.2, -0.15) is 18.4 Å². The number of nitrogens with one attached hydrogen (secondary N) is 1. The minimum absolute atomic E-state index is 0.102. The maximum Gasteiger partial charge on any atom is 0.416 e. The van der Waals surface area contributed by atoms with Crippen molar-refractivity contribution < 1.29 is 17.6 Å². The Morgan fingerprint density at radius 3 is 2.58 bits per heavy atom. The third-order valence-electron chi connectivity index (χ3n) is 3.41. The maximum absolute atomic E-state index is 13.5. The molecule has 0 atom stereocenters. The van der Waals surface area contributed by atoms with Crippen LogP contribution >= 0.6 is 0 Å². The van der Waals surface area contributed by atoms with E-state index in [9.17, 15) is 22.8 Å². The predicted octanol–water partition coefficient (Wildman–Crippen LogP) is 5.01. The highest BCUT2D eigenvalue weighted by Gasteiger charge is 2.30. The Hall–Kier alpha value is -3.14. The van der Waals surface area contributed by atoms with Crippen LogP contribution in [-0.4, -0.2) is 4.98 Å². The summed E-state index contributed by atoms with van der Waals surface area (Å²) in [5.41, 5.74) is 0.0466. The highest BCUT2D eigenvalue weighted by molar-refractivity contribution is 5.95. The van der Waals surface area contributed by atoms with Gasteiger partial charge in [0.05, 0.1) is 22.3 Å². The molecule has 3 aromatic rings. The molecule has 0 aliphatic rings. The number of aromatic nitrogens is 1. The monoisotopic (exact) mass is 331 g/mol. The second-order valence-corrected chi connectivity index (χ2v) is 5.02. The van der Waals surface area contributed by atoms with Crippen LogP contribution in [0.15, 0.2) is 48.7 Å². The van der Waals surface area contributed by atoms with Gasteiger partial charge in [0.25, 0.3) is 0 Å². The molecule has 7 heteroatoms. The van der Waals surface area contributed by atoms with Crippen LogP contribution in [0.1, 0.15) is 11.1 Å². The second kappa shape index (κ2) is 5.81. The lowest BCUT2D eigenvalue weighted by Crippen LogP contribution is -2.05. The van der Waals surface area contributed by atoms with E-state index in [1.807, 2.05) is 6.07 Å². The third-order valence-corrected chi connectivity index (χ3v) is 3.41. The van der Waals surface area contributed by atoms with Gasteiger partial charge in [-0.25, -0.2) is 4.39 Å². The van der Waals surface area contributed by atoms with Gasteiger partial charge in [0.2, 0.25) is 0 Å². The van der Waals surface area contributed by atoms with E-state index < -0.39 is 17.6 Å². The van der Waals surface area contributed by atoms with Crippen LogP contribution in [0.2, 0.25) is 0 Å². The summed E-state index contributed by atoms with van der Waals surface area (Å²) in [5.74, 6) is -0.536. The van der Waals surface area contributed by atoms with Gasteiger partial charge in [0.1, 0.15) is 11.9 Å². The topological polar surface area (TPSA) is 48.7 Å². The third kappa shape index (κ3) is 2.99. The Bertz CT molecular complexity index is 958. The molecule has 0 aliphatic carbocycles. The fourth-order valence-corrected chi connectivity index (χ4v) is 2.30. The number of fused-ring (bicyclic) bond motifs is 1. The number of rotatable bonds is 2. The first-order chi connectivity index (χ1) is 11.4. The fourth-order valence-electron chi connectivity index (χ4n) is 2.30. The van der Waals surface area contributed by atoms with Gasteiger partial charge in [-0.3, -0.25) is 4.98 Å². The number of benzene rings is 2. The van der Waals surface area contributed by atoms with Crippen LogP contribution < -0.4 is 5.32 Å². The van der Waals surface area contributed by atoms with E-state index in [0.29, 0.717) is 10.9 Å². The number of anilines is 2. The molecule has 120 valence electrons. The Balaban J connectivity index is 2.13. The predicted molar refractivity (Wildman–Crippen MR) is 81.1 cm³/mol. The van der Waals surface area contributed by atoms with Gasteiger partial charge < -0.3 is 5.32 Å². The molecule has 1 N–H and O–H groups in total. The van der Waals surface area contributed by atoms with Crippen LogP contribution in [0.3, 0.4) is 0 Å². The van der Waals surface area contributed by atoms with Crippen molar-refractivity contribution >= 4 is 22.3 Å². The zero-order valence-corrected chi connectivity index (χ0v) is 12.0. The van der Waals surface area contributed by atoms with Crippen molar-refractivity contribution in [1.82, 2.24) is 4.98 Å². The maximum atomic E-state index is 13.5. The smallest absolute Gasteiger partial charge is 0.354 e. The number of nitrogens with zero attached hydrogens (tertiary/aromatic N) is 2. The van der Waals surface area contributed by atoms with E-state index in [0.717, 1.165) is 12.1 Å². The van der Waals surface area contributed by atoms with Gasteiger partial charge in [0, 0.05) is 17.3 Å². The summed E-state index contributed by atoms with van der Waals surface area (Å²) in [4.78, 5) is 4.04. The van der Waals surface area contributed by atoms with Crippen molar-refractivity contribution in [1.29, 1.82) is 5.26 Å².